The molecule has 0 aliphatic heterocycles. The summed E-state index contributed by atoms with van der Waals surface area (Å²) >= 11 is 0. The van der Waals surface area contributed by atoms with E-state index in [1.165, 1.54) is 12.1 Å². The number of halogens is 1. The van der Waals surface area contributed by atoms with Crippen LogP contribution in [0.25, 0.3) is 0 Å². The minimum Gasteiger partial charge on any atom is -0.311 e. The number of benzene rings is 1. The van der Waals surface area contributed by atoms with Gasteiger partial charge in [-0.15, -0.1) is 0 Å². The largest absolute Gasteiger partial charge is 0.311 e. The second kappa shape index (κ2) is 8.63. The van der Waals surface area contributed by atoms with Gasteiger partial charge in [-0.2, -0.15) is 5.26 Å². The van der Waals surface area contributed by atoms with Gasteiger partial charge in [0, 0.05) is 25.2 Å². The fourth-order valence-corrected chi connectivity index (χ4v) is 1.98. The predicted octanol–water partition coefficient (Wildman–Crippen LogP) is 2.52. The number of nitrogens with zero attached hydrogens (tertiary/aromatic N) is 2. The molecule has 0 saturated heterocycles. The molecule has 4 heteroatoms. The molecule has 104 valence electrons. The van der Waals surface area contributed by atoms with Crippen molar-refractivity contribution >= 4 is 0 Å². The normalized spacial score (nSPS) is 10.7. The maximum absolute atomic E-state index is 13.5. The Bertz CT molecular complexity index is 426. The minimum absolute atomic E-state index is 0.257. The molecule has 0 fully saturated rings. The lowest BCUT2D eigenvalue weighted by atomic mass is 10.1. The van der Waals surface area contributed by atoms with Crippen molar-refractivity contribution < 1.29 is 4.39 Å². The third-order valence-electron chi connectivity index (χ3n) is 3.08. The smallest absolute Gasteiger partial charge is 0.127 e. The Hall–Kier alpha value is -1.44. The summed E-state index contributed by atoms with van der Waals surface area (Å²) in [5.74, 6) is -0.257. The maximum Gasteiger partial charge on any atom is 0.127 e. The lowest BCUT2D eigenvalue weighted by Crippen LogP contribution is -2.32. The number of hydrogen-bond donors (Lipinski definition) is 1. The third kappa shape index (κ3) is 5.37. The van der Waals surface area contributed by atoms with E-state index >= 15 is 0 Å². The SMILES string of the molecule is CCCN(CC)CCNCc1cc(C#N)ccc1F. The molecule has 0 bridgehead atoms. The van der Waals surface area contributed by atoms with Gasteiger partial charge in [-0.25, -0.2) is 4.39 Å². The number of likely N-dealkylation sites (N-methyl/N-ethyl adjacent to an activating group) is 1. The van der Waals surface area contributed by atoms with Crippen LogP contribution in [0, 0.1) is 17.1 Å². The lowest BCUT2D eigenvalue weighted by molar-refractivity contribution is 0.287. The van der Waals surface area contributed by atoms with Crippen LogP contribution in [0.3, 0.4) is 0 Å². The number of nitrogens with one attached hydrogen (secondary N) is 1. The van der Waals surface area contributed by atoms with Gasteiger partial charge in [-0.3, -0.25) is 0 Å². The van der Waals surface area contributed by atoms with Crippen molar-refractivity contribution in [1.29, 1.82) is 5.26 Å². The molecule has 0 aliphatic carbocycles. The Morgan fingerprint density at radius 3 is 2.74 bits per heavy atom. The van der Waals surface area contributed by atoms with Crippen molar-refractivity contribution in [2.24, 2.45) is 0 Å². The van der Waals surface area contributed by atoms with Gasteiger partial charge in [0.15, 0.2) is 0 Å². The Labute approximate surface area is 115 Å². The number of nitriles is 1. The molecule has 0 aromatic heterocycles. The third-order valence-corrected chi connectivity index (χ3v) is 3.08. The van der Waals surface area contributed by atoms with Gasteiger partial charge in [0.25, 0.3) is 0 Å². The van der Waals surface area contributed by atoms with E-state index in [0.29, 0.717) is 17.7 Å². The van der Waals surface area contributed by atoms with Crippen LogP contribution < -0.4 is 5.32 Å². The highest BCUT2D eigenvalue weighted by atomic mass is 19.1. The second-order valence-corrected chi connectivity index (χ2v) is 4.53. The first-order valence-corrected chi connectivity index (χ1v) is 6.82. The fourth-order valence-electron chi connectivity index (χ4n) is 1.98. The zero-order valence-electron chi connectivity index (χ0n) is 11.7. The van der Waals surface area contributed by atoms with Crippen LogP contribution in [0.2, 0.25) is 0 Å². The highest BCUT2D eigenvalue weighted by Gasteiger charge is 2.04. The molecule has 0 amide bonds. The van der Waals surface area contributed by atoms with E-state index in [2.05, 4.69) is 24.1 Å². The van der Waals surface area contributed by atoms with Gasteiger partial charge in [0.05, 0.1) is 11.6 Å². The van der Waals surface area contributed by atoms with Crippen LogP contribution in [0.15, 0.2) is 18.2 Å². The van der Waals surface area contributed by atoms with Crippen molar-refractivity contribution in [1.82, 2.24) is 10.2 Å². The summed E-state index contributed by atoms with van der Waals surface area (Å²) in [7, 11) is 0. The maximum atomic E-state index is 13.5. The van der Waals surface area contributed by atoms with E-state index in [1.807, 2.05) is 6.07 Å². The monoisotopic (exact) mass is 263 g/mol. The summed E-state index contributed by atoms with van der Waals surface area (Å²) in [6, 6.07) is 6.48. The zero-order valence-corrected chi connectivity index (χ0v) is 11.7. The molecule has 0 aliphatic rings. The average Bonchev–Trinajstić information content (AvgIpc) is 2.44. The van der Waals surface area contributed by atoms with E-state index in [1.54, 1.807) is 6.07 Å². The summed E-state index contributed by atoms with van der Waals surface area (Å²) in [4.78, 5) is 2.36. The first-order valence-electron chi connectivity index (χ1n) is 6.82. The van der Waals surface area contributed by atoms with Crippen LogP contribution in [0.4, 0.5) is 4.39 Å². The molecular formula is C15H22FN3. The van der Waals surface area contributed by atoms with Crippen molar-refractivity contribution in [3.8, 4) is 6.07 Å². The number of rotatable bonds is 8. The summed E-state index contributed by atoms with van der Waals surface area (Å²) < 4.78 is 13.5. The molecule has 1 aromatic rings. The zero-order chi connectivity index (χ0) is 14.1. The second-order valence-electron chi connectivity index (χ2n) is 4.53. The van der Waals surface area contributed by atoms with Gasteiger partial charge in [-0.1, -0.05) is 13.8 Å². The molecule has 0 saturated carbocycles. The predicted molar refractivity (Wildman–Crippen MR) is 75.2 cm³/mol. The summed E-state index contributed by atoms with van der Waals surface area (Å²) in [5, 5.41) is 12.0. The van der Waals surface area contributed by atoms with E-state index in [0.717, 1.165) is 32.6 Å². The van der Waals surface area contributed by atoms with Crippen molar-refractivity contribution in [3.63, 3.8) is 0 Å². The Morgan fingerprint density at radius 1 is 1.32 bits per heavy atom. The van der Waals surface area contributed by atoms with Crippen LogP contribution in [-0.2, 0) is 6.54 Å². The summed E-state index contributed by atoms with van der Waals surface area (Å²) in [5.41, 5.74) is 1.05. The molecule has 1 N–H and O–H groups in total. The summed E-state index contributed by atoms with van der Waals surface area (Å²) in [6.07, 6.45) is 1.15. The van der Waals surface area contributed by atoms with Crippen LogP contribution >= 0.6 is 0 Å². The first kappa shape index (κ1) is 15.6. The molecule has 1 rings (SSSR count). The molecular weight excluding hydrogens is 241 g/mol. The van der Waals surface area contributed by atoms with Crippen molar-refractivity contribution in [2.45, 2.75) is 26.8 Å². The Kier molecular flexibility index (Phi) is 7.09. The molecule has 0 heterocycles. The van der Waals surface area contributed by atoms with Gasteiger partial charge < -0.3 is 10.2 Å². The highest BCUT2D eigenvalue weighted by molar-refractivity contribution is 5.33. The van der Waals surface area contributed by atoms with Gasteiger partial charge >= 0.3 is 0 Å². The standard InChI is InChI=1S/C15H22FN3/c1-3-8-19(4-2)9-7-18-12-14-10-13(11-17)5-6-15(14)16/h5-6,10,18H,3-4,7-9,12H2,1-2H3. The molecule has 0 spiro atoms. The van der Waals surface area contributed by atoms with Crippen LogP contribution in [0.1, 0.15) is 31.4 Å². The van der Waals surface area contributed by atoms with Crippen molar-refractivity contribution in [2.75, 3.05) is 26.2 Å². The molecule has 19 heavy (non-hydrogen) atoms. The molecule has 0 radical (unpaired) electrons. The Morgan fingerprint density at radius 2 is 2.11 bits per heavy atom. The molecule has 3 nitrogen and oxygen atoms in total. The molecule has 0 atom stereocenters. The first-order chi connectivity index (χ1) is 9.21. The molecule has 1 aromatic carbocycles. The minimum atomic E-state index is -0.257. The summed E-state index contributed by atoms with van der Waals surface area (Å²) in [6.45, 7) is 8.69. The van der Waals surface area contributed by atoms with E-state index < -0.39 is 0 Å². The van der Waals surface area contributed by atoms with E-state index in [-0.39, 0.29) is 5.82 Å². The van der Waals surface area contributed by atoms with Gasteiger partial charge in [0.2, 0.25) is 0 Å². The van der Waals surface area contributed by atoms with Crippen LogP contribution in [-0.4, -0.2) is 31.1 Å². The van der Waals surface area contributed by atoms with Crippen LogP contribution in [0.5, 0.6) is 0 Å². The fraction of sp³-hybridized carbons (Fsp3) is 0.533. The number of hydrogen-bond acceptors (Lipinski definition) is 3. The lowest BCUT2D eigenvalue weighted by Gasteiger charge is -2.19. The van der Waals surface area contributed by atoms with E-state index in [9.17, 15) is 4.39 Å². The Balaban J connectivity index is 2.39. The van der Waals surface area contributed by atoms with E-state index in [4.69, 9.17) is 5.26 Å². The average molecular weight is 263 g/mol. The topological polar surface area (TPSA) is 39.1 Å². The van der Waals surface area contributed by atoms with Gasteiger partial charge in [-0.05, 0) is 37.7 Å². The highest BCUT2D eigenvalue weighted by Crippen LogP contribution is 2.09. The quantitative estimate of drug-likeness (QED) is 0.733. The molecule has 0 unspecified atom stereocenters. The van der Waals surface area contributed by atoms with Gasteiger partial charge in [0.1, 0.15) is 5.82 Å². The van der Waals surface area contributed by atoms with Crippen molar-refractivity contribution in [3.05, 3.63) is 35.1 Å².